The minimum absolute atomic E-state index is 0.00800. The fourth-order valence-corrected chi connectivity index (χ4v) is 4.43. The van der Waals surface area contributed by atoms with Gasteiger partial charge in [0.15, 0.2) is 0 Å². The third-order valence-corrected chi connectivity index (χ3v) is 5.80. The van der Waals surface area contributed by atoms with E-state index in [2.05, 4.69) is 4.98 Å². The largest absolute Gasteiger partial charge is 0.464 e. The fraction of sp³-hybridized carbons (Fsp3) is 0.0526. The summed E-state index contributed by atoms with van der Waals surface area (Å²) in [5, 5.41) is 0.661. The van der Waals surface area contributed by atoms with E-state index >= 15 is 0 Å². The lowest BCUT2D eigenvalue weighted by Crippen LogP contribution is -2.08. The summed E-state index contributed by atoms with van der Waals surface area (Å²) in [6, 6.07) is 8.21. The van der Waals surface area contributed by atoms with E-state index in [9.17, 15) is 18.0 Å². The summed E-state index contributed by atoms with van der Waals surface area (Å²) in [6.45, 7) is 0. The van der Waals surface area contributed by atoms with Crippen molar-refractivity contribution in [3.05, 3.63) is 68.8 Å². The van der Waals surface area contributed by atoms with Gasteiger partial charge in [0.05, 0.1) is 17.0 Å². The molecule has 0 saturated heterocycles. The van der Waals surface area contributed by atoms with Crippen LogP contribution in [0.3, 0.4) is 0 Å². The van der Waals surface area contributed by atoms with Crippen molar-refractivity contribution >= 4 is 56.2 Å². The van der Waals surface area contributed by atoms with Crippen LogP contribution in [-0.2, 0) is 6.18 Å². The smallest absolute Gasteiger partial charge is 0.433 e. The lowest BCUT2D eigenvalue weighted by Gasteiger charge is -2.08. The van der Waals surface area contributed by atoms with Crippen LogP contribution in [0.15, 0.2) is 47.1 Å². The first-order chi connectivity index (χ1) is 13.7. The number of halogens is 5. The lowest BCUT2D eigenvalue weighted by molar-refractivity contribution is -0.140. The summed E-state index contributed by atoms with van der Waals surface area (Å²) in [7, 11) is 0. The predicted molar refractivity (Wildman–Crippen MR) is 107 cm³/mol. The van der Waals surface area contributed by atoms with Crippen LogP contribution in [0.1, 0.15) is 20.9 Å². The van der Waals surface area contributed by atoms with Crippen LogP contribution in [0.2, 0.25) is 10.0 Å². The number of carbonyl (C=O) groups is 1. The van der Waals surface area contributed by atoms with Crippen molar-refractivity contribution in [1.82, 2.24) is 4.98 Å². The molecule has 4 nitrogen and oxygen atoms in total. The minimum atomic E-state index is -4.68. The molecule has 4 aromatic rings. The van der Waals surface area contributed by atoms with Crippen LogP contribution in [0.25, 0.3) is 21.5 Å². The van der Waals surface area contributed by atoms with Crippen LogP contribution < -0.4 is 5.73 Å². The molecule has 0 spiro atoms. The van der Waals surface area contributed by atoms with E-state index in [0.717, 1.165) is 17.4 Å². The second kappa shape index (κ2) is 7.05. The van der Waals surface area contributed by atoms with Crippen molar-refractivity contribution in [3.63, 3.8) is 0 Å². The molecule has 0 amide bonds. The Morgan fingerprint density at radius 3 is 2.55 bits per heavy atom. The van der Waals surface area contributed by atoms with E-state index in [1.807, 2.05) is 0 Å². The van der Waals surface area contributed by atoms with Crippen molar-refractivity contribution < 1.29 is 22.4 Å². The topological polar surface area (TPSA) is 69.1 Å². The van der Waals surface area contributed by atoms with Gasteiger partial charge in [-0.25, -0.2) is 4.98 Å². The molecule has 3 heterocycles. The molecule has 0 aliphatic rings. The molecular weight excluding hydrogens is 448 g/mol. The third-order valence-electron chi connectivity index (χ3n) is 4.16. The first kappa shape index (κ1) is 19.8. The number of pyridine rings is 1. The van der Waals surface area contributed by atoms with Gasteiger partial charge < -0.3 is 10.2 Å². The second-order valence-corrected chi connectivity index (χ2v) is 7.85. The summed E-state index contributed by atoms with van der Waals surface area (Å²) < 4.78 is 45.3. The molecule has 0 fully saturated rings. The highest BCUT2D eigenvalue weighted by Gasteiger charge is 2.35. The van der Waals surface area contributed by atoms with Gasteiger partial charge in [0.25, 0.3) is 0 Å². The lowest BCUT2D eigenvalue weighted by atomic mass is 10.0. The first-order valence-electron chi connectivity index (χ1n) is 8.00. The molecule has 1 aromatic carbocycles. The number of nitrogens with zero attached hydrogens (tertiary/aromatic N) is 1. The molecule has 29 heavy (non-hydrogen) atoms. The summed E-state index contributed by atoms with van der Waals surface area (Å²) in [5.41, 5.74) is 5.31. The number of hydrogen-bond donors (Lipinski definition) is 1. The Balaban J connectivity index is 1.97. The number of benzene rings is 1. The van der Waals surface area contributed by atoms with Crippen molar-refractivity contribution in [2.45, 2.75) is 6.18 Å². The predicted octanol–water partition coefficient (Wildman–Crippen LogP) is 6.70. The number of carbonyl (C=O) groups excluding carboxylic acids is 1. The van der Waals surface area contributed by atoms with Crippen LogP contribution in [0.5, 0.6) is 0 Å². The number of anilines is 1. The van der Waals surface area contributed by atoms with E-state index in [1.54, 1.807) is 0 Å². The van der Waals surface area contributed by atoms with Gasteiger partial charge in [-0.15, -0.1) is 11.3 Å². The number of aromatic nitrogens is 1. The van der Waals surface area contributed by atoms with Gasteiger partial charge in [0.1, 0.15) is 21.2 Å². The highest BCUT2D eigenvalue weighted by Crippen LogP contribution is 2.43. The Labute approximate surface area is 175 Å². The summed E-state index contributed by atoms with van der Waals surface area (Å²) in [6.07, 6.45) is -3.35. The van der Waals surface area contributed by atoms with Crippen LogP contribution in [0, 0.1) is 0 Å². The molecule has 3 aromatic heterocycles. The standard InChI is InChI=1S/C19H9Cl2F3N2O2S/c20-8-3-4-9(11(21)6-8)16(27)17-15(25)14-10(12-2-1-5-28-12)7-13(19(22,23)24)26-18(14)29-17/h1-7H,25H2. The molecular formula is C19H9Cl2F3N2O2S. The van der Waals surface area contributed by atoms with E-state index < -0.39 is 17.7 Å². The second-order valence-electron chi connectivity index (χ2n) is 6.01. The summed E-state index contributed by atoms with van der Waals surface area (Å²) in [5.74, 6) is -0.359. The Kier molecular flexibility index (Phi) is 4.80. The van der Waals surface area contributed by atoms with Gasteiger partial charge in [-0.2, -0.15) is 13.2 Å². The van der Waals surface area contributed by atoms with Crippen LogP contribution in [-0.4, -0.2) is 10.8 Å². The zero-order chi connectivity index (χ0) is 20.9. The van der Waals surface area contributed by atoms with Crippen LogP contribution >= 0.6 is 34.5 Å². The Hall–Kier alpha value is -2.55. The van der Waals surface area contributed by atoms with Gasteiger partial charge in [-0.05, 0) is 36.4 Å². The number of alkyl halides is 3. The Morgan fingerprint density at radius 2 is 1.93 bits per heavy atom. The summed E-state index contributed by atoms with van der Waals surface area (Å²) >= 11 is 12.7. The third kappa shape index (κ3) is 3.48. The van der Waals surface area contributed by atoms with Gasteiger partial charge in [-0.1, -0.05) is 23.2 Å². The quantitative estimate of drug-likeness (QED) is 0.348. The molecule has 0 atom stereocenters. The maximum absolute atomic E-state index is 13.3. The number of rotatable bonds is 3. The fourth-order valence-electron chi connectivity index (χ4n) is 2.86. The highest BCUT2D eigenvalue weighted by molar-refractivity contribution is 7.21. The number of nitrogen functional groups attached to an aromatic ring is 1. The first-order valence-corrected chi connectivity index (χ1v) is 9.58. The van der Waals surface area contributed by atoms with E-state index in [0.29, 0.717) is 5.02 Å². The van der Waals surface area contributed by atoms with E-state index in [1.165, 1.54) is 36.6 Å². The van der Waals surface area contributed by atoms with Gasteiger partial charge >= 0.3 is 6.18 Å². The molecule has 0 saturated carbocycles. The monoisotopic (exact) mass is 456 g/mol. The maximum atomic E-state index is 13.3. The molecule has 0 aliphatic heterocycles. The zero-order valence-corrected chi connectivity index (χ0v) is 16.5. The molecule has 0 unspecified atom stereocenters. The molecule has 0 aliphatic carbocycles. The van der Waals surface area contributed by atoms with Gasteiger partial charge in [-0.3, -0.25) is 4.79 Å². The SMILES string of the molecule is Nc1c(C(=O)c2ccc(Cl)cc2Cl)sc2nc(C(F)(F)F)cc(-c3ccco3)c12. The van der Waals surface area contributed by atoms with E-state index in [4.69, 9.17) is 33.4 Å². The Bertz CT molecular complexity index is 1250. The average Bonchev–Trinajstić information content (AvgIpc) is 3.28. The number of ketones is 1. The number of furan rings is 1. The molecule has 0 bridgehead atoms. The summed E-state index contributed by atoms with van der Waals surface area (Å²) in [4.78, 5) is 16.7. The van der Waals surface area contributed by atoms with E-state index in [-0.39, 0.29) is 42.7 Å². The molecule has 10 heteroatoms. The van der Waals surface area contributed by atoms with Crippen molar-refractivity contribution in [2.75, 3.05) is 5.73 Å². The van der Waals surface area contributed by atoms with Crippen molar-refractivity contribution in [1.29, 1.82) is 0 Å². The zero-order valence-electron chi connectivity index (χ0n) is 14.2. The van der Waals surface area contributed by atoms with Crippen molar-refractivity contribution in [3.8, 4) is 11.3 Å². The molecule has 2 N–H and O–H groups in total. The minimum Gasteiger partial charge on any atom is -0.464 e. The normalized spacial score (nSPS) is 11.9. The Morgan fingerprint density at radius 1 is 1.17 bits per heavy atom. The molecule has 4 rings (SSSR count). The van der Waals surface area contributed by atoms with Gasteiger partial charge in [0.2, 0.25) is 5.78 Å². The van der Waals surface area contributed by atoms with Crippen molar-refractivity contribution in [2.24, 2.45) is 0 Å². The molecule has 0 radical (unpaired) electrons. The van der Waals surface area contributed by atoms with Crippen LogP contribution in [0.4, 0.5) is 18.9 Å². The van der Waals surface area contributed by atoms with Gasteiger partial charge in [0, 0.05) is 21.5 Å². The highest BCUT2D eigenvalue weighted by atomic mass is 35.5. The molecule has 148 valence electrons. The number of thiophene rings is 1. The number of nitrogens with two attached hydrogens (primary N) is 1. The maximum Gasteiger partial charge on any atom is 0.433 e. The number of fused-ring (bicyclic) bond motifs is 1. The number of hydrogen-bond acceptors (Lipinski definition) is 5. The average molecular weight is 457 g/mol.